The molecule has 1 atom stereocenters. The van der Waals surface area contributed by atoms with Crippen molar-refractivity contribution >= 4 is 29.3 Å². The number of amides is 1. The van der Waals surface area contributed by atoms with Gasteiger partial charge in [-0.2, -0.15) is 0 Å². The van der Waals surface area contributed by atoms with Gasteiger partial charge in [0, 0.05) is 23.0 Å². The Morgan fingerprint density at radius 2 is 1.73 bits per heavy atom. The van der Waals surface area contributed by atoms with Crippen LogP contribution in [0.15, 0.2) is 83.8 Å². The second-order valence-electron chi connectivity index (χ2n) is 6.33. The number of hydrogen-bond acceptors (Lipinski definition) is 2. The molecule has 130 valence electrons. The maximum absolute atomic E-state index is 13.2. The Hall–Kier alpha value is -2.23. The van der Waals surface area contributed by atoms with E-state index < -0.39 is 0 Å². The molecule has 3 aromatic rings. The molecule has 0 radical (unpaired) electrons. The molecule has 0 spiro atoms. The highest BCUT2D eigenvalue weighted by Crippen LogP contribution is 2.41. The molecule has 1 unspecified atom stereocenters. The zero-order chi connectivity index (χ0) is 17.9. The Balaban J connectivity index is 1.71. The van der Waals surface area contributed by atoms with Gasteiger partial charge in [0.05, 0.1) is 10.8 Å². The van der Waals surface area contributed by atoms with Crippen molar-refractivity contribution < 1.29 is 4.79 Å². The predicted octanol–water partition coefficient (Wildman–Crippen LogP) is 5.83. The Morgan fingerprint density at radius 1 is 0.962 bits per heavy atom. The molecule has 0 fully saturated rings. The summed E-state index contributed by atoms with van der Waals surface area (Å²) in [6.45, 7) is 1.21. The van der Waals surface area contributed by atoms with Crippen LogP contribution in [0.3, 0.4) is 0 Å². The summed E-state index contributed by atoms with van der Waals surface area (Å²) in [5.41, 5.74) is 3.05. The molecule has 0 aromatic heterocycles. The van der Waals surface area contributed by atoms with Gasteiger partial charge in [-0.25, -0.2) is 0 Å². The van der Waals surface area contributed by atoms with Gasteiger partial charge in [0.25, 0.3) is 5.91 Å². The topological polar surface area (TPSA) is 20.3 Å². The zero-order valence-corrected chi connectivity index (χ0v) is 15.7. The van der Waals surface area contributed by atoms with Crippen LogP contribution < -0.4 is 0 Å². The molecule has 4 heteroatoms. The predicted molar refractivity (Wildman–Crippen MR) is 108 cm³/mol. The first kappa shape index (κ1) is 17.2. The summed E-state index contributed by atoms with van der Waals surface area (Å²) < 4.78 is 0. The van der Waals surface area contributed by atoms with Crippen molar-refractivity contribution in [2.75, 3.05) is 6.54 Å². The molecular formula is C22H18ClNOS. The van der Waals surface area contributed by atoms with E-state index in [0.717, 1.165) is 16.0 Å². The summed E-state index contributed by atoms with van der Waals surface area (Å²) in [6.07, 6.45) is 0. The molecule has 1 aliphatic rings. The highest BCUT2D eigenvalue weighted by atomic mass is 35.5. The highest BCUT2D eigenvalue weighted by molar-refractivity contribution is 7.99. The van der Waals surface area contributed by atoms with Crippen molar-refractivity contribution in [3.05, 3.63) is 101 Å². The van der Waals surface area contributed by atoms with Crippen molar-refractivity contribution in [2.24, 2.45) is 0 Å². The van der Waals surface area contributed by atoms with Crippen molar-refractivity contribution in [3.8, 4) is 0 Å². The van der Waals surface area contributed by atoms with E-state index in [0.29, 0.717) is 18.1 Å². The maximum Gasteiger partial charge on any atom is 0.255 e. The minimum Gasteiger partial charge on any atom is -0.333 e. The summed E-state index contributed by atoms with van der Waals surface area (Å²) in [6, 6.07) is 26.0. The molecule has 0 N–H and O–H groups in total. The molecule has 1 aliphatic heterocycles. The van der Waals surface area contributed by atoms with Crippen molar-refractivity contribution in [2.45, 2.75) is 16.7 Å². The molecule has 26 heavy (non-hydrogen) atoms. The summed E-state index contributed by atoms with van der Waals surface area (Å²) in [4.78, 5) is 16.2. The summed E-state index contributed by atoms with van der Waals surface area (Å²) in [5, 5.41) is 0.891. The van der Waals surface area contributed by atoms with Crippen molar-refractivity contribution in [3.63, 3.8) is 0 Å². The van der Waals surface area contributed by atoms with E-state index in [-0.39, 0.29) is 11.2 Å². The standard InChI is InChI=1S/C22H18ClNOS/c23-18-10-6-7-16(13-18)14-24-15-21(17-8-2-1-3-9-17)26-20-12-5-4-11-19(20)22(24)25/h1-13,21H,14-15H2. The number of carbonyl (C=O) groups excluding carboxylic acids is 1. The average Bonchev–Trinajstić information content (AvgIpc) is 2.80. The first-order chi connectivity index (χ1) is 12.7. The molecule has 0 bridgehead atoms. The average molecular weight is 380 g/mol. The molecular weight excluding hydrogens is 362 g/mol. The van der Waals surface area contributed by atoms with Crippen LogP contribution in [-0.4, -0.2) is 17.4 Å². The second-order valence-corrected chi connectivity index (χ2v) is 8.01. The van der Waals surface area contributed by atoms with E-state index in [2.05, 4.69) is 24.3 Å². The molecule has 2 nitrogen and oxygen atoms in total. The second kappa shape index (κ2) is 7.56. The largest absolute Gasteiger partial charge is 0.333 e. The molecule has 1 heterocycles. The number of rotatable bonds is 3. The summed E-state index contributed by atoms with van der Waals surface area (Å²) in [5.74, 6) is 0.0755. The number of benzene rings is 3. The van der Waals surface area contributed by atoms with E-state index in [4.69, 9.17) is 11.6 Å². The molecule has 0 aliphatic carbocycles. The van der Waals surface area contributed by atoms with Crippen LogP contribution in [0.4, 0.5) is 0 Å². The van der Waals surface area contributed by atoms with Crippen LogP contribution in [0.2, 0.25) is 5.02 Å². The van der Waals surface area contributed by atoms with E-state index >= 15 is 0 Å². The lowest BCUT2D eigenvalue weighted by Gasteiger charge is -2.25. The Bertz CT molecular complexity index is 928. The van der Waals surface area contributed by atoms with Crippen LogP contribution >= 0.6 is 23.4 Å². The van der Waals surface area contributed by atoms with E-state index in [1.54, 1.807) is 11.8 Å². The van der Waals surface area contributed by atoms with Crippen LogP contribution in [0.1, 0.15) is 26.7 Å². The summed E-state index contributed by atoms with van der Waals surface area (Å²) >= 11 is 7.89. The Kier molecular flexibility index (Phi) is 5.00. The van der Waals surface area contributed by atoms with Gasteiger partial charge in [-0.15, -0.1) is 11.8 Å². The van der Waals surface area contributed by atoms with Gasteiger partial charge < -0.3 is 4.90 Å². The normalized spacial score (nSPS) is 16.9. The fraction of sp³-hybridized carbons (Fsp3) is 0.136. The van der Waals surface area contributed by atoms with Crippen LogP contribution in [0.25, 0.3) is 0 Å². The van der Waals surface area contributed by atoms with Crippen LogP contribution in [-0.2, 0) is 6.54 Å². The third kappa shape index (κ3) is 3.64. The molecule has 0 saturated heterocycles. The maximum atomic E-state index is 13.2. The number of carbonyl (C=O) groups is 1. The number of fused-ring (bicyclic) bond motifs is 1. The third-order valence-corrected chi connectivity index (χ3v) is 6.04. The lowest BCUT2D eigenvalue weighted by molar-refractivity contribution is 0.0743. The van der Waals surface area contributed by atoms with E-state index in [1.807, 2.05) is 59.5 Å². The van der Waals surface area contributed by atoms with Gasteiger partial charge in [0.15, 0.2) is 0 Å². The summed E-state index contributed by atoms with van der Waals surface area (Å²) in [7, 11) is 0. The fourth-order valence-electron chi connectivity index (χ4n) is 3.22. The van der Waals surface area contributed by atoms with Crippen molar-refractivity contribution in [1.29, 1.82) is 0 Å². The first-order valence-electron chi connectivity index (χ1n) is 8.55. The van der Waals surface area contributed by atoms with Crippen LogP contribution in [0.5, 0.6) is 0 Å². The lowest BCUT2D eigenvalue weighted by Crippen LogP contribution is -2.32. The van der Waals surface area contributed by atoms with Gasteiger partial charge in [-0.05, 0) is 35.4 Å². The van der Waals surface area contributed by atoms with Gasteiger partial charge >= 0.3 is 0 Å². The number of thioether (sulfide) groups is 1. The highest BCUT2D eigenvalue weighted by Gasteiger charge is 2.29. The minimum atomic E-state index is 0.0755. The third-order valence-electron chi connectivity index (χ3n) is 4.49. The van der Waals surface area contributed by atoms with Gasteiger partial charge in [-0.1, -0.05) is 66.2 Å². The number of hydrogen-bond donors (Lipinski definition) is 0. The molecule has 1 amide bonds. The number of nitrogens with zero attached hydrogens (tertiary/aromatic N) is 1. The molecule has 3 aromatic carbocycles. The van der Waals surface area contributed by atoms with Crippen LogP contribution in [0, 0.1) is 0 Å². The molecule has 0 saturated carbocycles. The minimum absolute atomic E-state index is 0.0755. The SMILES string of the molecule is O=C1c2ccccc2SC(c2ccccc2)CN1Cc1cccc(Cl)c1. The van der Waals surface area contributed by atoms with E-state index in [1.165, 1.54) is 5.56 Å². The zero-order valence-electron chi connectivity index (χ0n) is 14.1. The quantitative estimate of drug-likeness (QED) is 0.570. The molecule has 4 rings (SSSR count). The van der Waals surface area contributed by atoms with E-state index in [9.17, 15) is 4.79 Å². The fourth-order valence-corrected chi connectivity index (χ4v) is 4.73. The Labute approximate surface area is 162 Å². The first-order valence-corrected chi connectivity index (χ1v) is 9.81. The van der Waals surface area contributed by atoms with Gasteiger partial charge in [0.1, 0.15) is 0 Å². The smallest absolute Gasteiger partial charge is 0.255 e. The monoisotopic (exact) mass is 379 g/mol. The lowest BCUT2D eigenvalue weighted by atomic mass is 10.1. The van der Waals surface area contributed by atoms with Gasteiger partial charge in [-0.3, -0.25) is 4.79 Å². The van der Waals surface area contributed by atoms with Gasteiger partial charge in [0.2, 0.25) is 0 Å². The number of halogens is 1. The van der Waals surface area contributed by atoms with Crippen molar-refractivity contribution in [1.82, 2.24) is 4.90 Å². The Morgan fingerprint density at radius 3 is 2.54 bits per heavy atom.